The third-order valence-corrected chi connectivity index (χ3v) is 1.59. The molecule has 0 aliphatic rings. The van der Waals surface area contributed by atoms with Gasteiger partial charge in [-0.2, -0.15) is 0 Å². The summed E-state index contributed by atoms with van der Waals surface area (Å²) in [4.78, 5) is 4.20. The van der Waals surface area contributed by atoms with Crippen molar-refractivity contribution >= 4 is 0 Å². The van der Waals surface area contributed by atoms with Crippen LogP contribution in [-0.4, -0.2) is 15.7 Å². The van der Waals surface area contributed by atoms with Gasteiger partial charge in [0.2, 0.25) is 0 Å². The second-order valence-corrected chi connectivity index (χ2v) is 3.82. The SMILES string of the molecule is Cc1ccc(CC(C)(C)O)nc1. The maximum Gasteiger partial charge on any atom is 0.0647 e. The average Bonchev–Trinajstić information content (AvgIpc) is 1.91. The number of pyridine rings is 1. The second-order valence-electron chi connectivity index (χ2n) is 3.82. The van der Waals surface area contributed by atoms with Crippen LogP contribution in [0.15, 0.2) is 18.3 Å². The van der Waals surface area contributed by atoms with Gasteiger partial charge in [-0.05, 0) is 32.4 Å². The van der Waals surface area contributed by atoms with Crippen molar-refractivity contribution in [2.24, 2.45) is 0 Å². The monoisotopic (exact) mass is 165 g/mol. The molecule has 1 aromatic rings. The van der Waals surface area contributed by atoms with Crippen molar-refractivity contribution in [2.75, 3.05) is 0 Å². The van der Waals surface area contributed by atoms with Gasteiger partial charge in [0.25, 0.3) is 0 Å². The summed E-state index contributed by atoms with van der Waals surface area (Å²) in [5, 5.41) is 9.50. The van der Waals surface area contributed by atoms with Crippen LogP contribution < -0.4 is 0 Å². The van der Waals surface area contributed by atoms with Crippen LogP contribution in [0.4, 0.5) is 0 Å². The Balaban J connectivity index is 2.71. The lowest BCUT2D eigenvalue weighted by molar-refractivity contribution is 0.0799. The lowest BCUT2D eigenvalue weighted by Crippen LogP contribution is -2.22. The molecule has 0 aromatic carbocycles. The predicted octanol–water partition coefficient (Wildman–Crippen LogP) is 1.70. The number of hydrogen-bond donors (Lipinski definition) is 1. The van der Waals surface area contributed by atoms with Gasteiger partial charge in [0.15, 0.2) is 0 Å². The van der Waals surface area contributed by atoms with Gasteiger partial charge >= 0.3 is 0 Å². The van der Waals surface area contributed by atoms with Gasteiger partial charge in [-0.25, -0.2) is 0 Å². The smallest absolute Gasteiger partial charge is 0.0647 e. The van der Waals surface area contributed by atoms with E-state index in [2.05, 4.69) is 4.98 Å². The molecule has 0 unspecified atom stereocenters. The van der Waals surface area contributed by atoms with Gasteiger partial charge < -0.3 is 5.11 Å². The van der Waals surface area contributed by atoms with E-state index in [-0.39, 0.29) is 0 Å². The number of aliphatic hydroxyl groups is 1. The summed E-state index contributed by atoms with van der Waals surface area (Å²) in [5.41, 5.74) is 1.42. The largest absolute Gasteiger partial charge is 0.390 e. The first-order valence-corrected chi connectivity index (χ1v) is 4.11. The molecule has 0 bridgehead atoms. The number of aromatic nitrogens is 1. The molecule has 0 saturated carbocycles. The Hall–Kier alpha value is -0.890. The molecule has 1 heterocycles. The zero-order chi connectivity index (χ0) is 9.19. The first kappa shape index (κ1) is 9.20. The summed E-state index contributed by atoms with van der Waals surface area (Å²) in [7, 11) is 0. The fourth-order valence-electron chi connectivity index (χ4n) is 1.05. The molecular weight excluding hydrogens is 150 g/mol. The predicted molar refractivity (Wildman–Crippen MR) is 49.0 cm³/mol. The Kier molecular flexibility index (Phi) is 2.48. The Morgan fingerprint density at radius 1 is 1.42 bits per heavy atom. The normalized spacial score (nSPS) is 11.7. The van der Waals surface area contributed by atoms with E-state index in [0.29, 0.717) is 6.42 Å². The fourth-order valence-corrected chi connectivity index (χ4v) is 1.05. The summed E-state index contributed by atoms with van der Waals surface area (Å²) < 4.78 is 0. The second kappa shape index (κ2) is 3.23. The van der Waals surface area contributed by atoms with Gasteiger partial charge in [-0.15, -0.1) is 0 Å². The van der Waals surface area contributed by atoms with Gasteiger partial charge in [-0.3, -0.25) is 4.98 Å². The lowest BCUT2D eigenvalue weighted by Gasteiger charge is -2.15. The topological polar surface area (TPSA) is 33.1 Å². The van der Waals surface area contributed by atoms with Gasteiger partial charge in [0.1, 0.15) is 0 Å². The third-order valence-electron chi connectivity index (χ3n) is 1.59. The van der Waals surface area contributed by atoms with Crippen LogP contribution >= 0.6 is 0 Å². The van der Waals surface area contributed by atoms with Crippen molar-refractivity contribution < 1.29 is 5.11 Å². The minimum atomic E-state index is -0.664. The Labute approximate surface area is 73.3 Å². The molecule has 0 spiro atoms. The summed E-state index contributed by atoms with van der Waals surface area (Å²) in [6.07, 6.45) is 2.42. The lowest BCUT2D eigenvalue weighted by atomic mass is 10.0. The van der Waals surface area contributed by atoms with E-state index < -0.39 is 5.60 Å². The molecule has 1 aromatic heterocycles. The highest BCUT2D eigenvalue weighted by molar-refractivity contribution is 5.13. The standard InChI is InChI=1S/C10H15NO/c1-8-4-5-9(11-7-8)6-10(2,3)12/h4-5,7,12H,6H2,1-3H3. The molecule has 0 saturated heterocycles. The highest BCUT2D eigenvalue weighted by atomic mass is 16.3. The summed E-state index contributed by atoms with van der Waals surface area (Å²) in [6.45, 7) is 5.57. The maximum atomic E-state index is 9.50. The molecule has 2 heteroatoms. The molecular formula is C10H15NO. The van der Waals surface area contributed by atoms with Crippen LogP contribution in [0, 0.1) is 6.92 Å². The van der Waals surface area contributed by atoms with Gasteiger partial charge in [0.05, 0.1) is 5.60 Å². The van der Waals surface area contributed by atoms with E-state index in [1.165, 1.54) is 0 Å². The van der Waals surface area contributed by atoms with E-state index in [9.17, 15) is 5.11 Å². The first-order chi connectivity index (χ1) is 5.47. The highest BCUT2D eigenvalue weighted by Gasteiger charge is 2.13. The molecule has 66 valence electrons. The van der Waals surface area contributed by atoms with Crippen molar-refractivity contribution in [3.05, 3.63) is 29.6 Å². The molecule has 1 rings (SSSR count). The highest BCUT2D eigenvalue weighted by Crippen LogP contribution is 2.09. The molecule has 0 atom stereocenters. The summed E-state index contributed by atoms with van der Waals surface area (Å²) >= 11 is 0. The number of hydrogen-bond acceptors (Lipinski definition) is 2. The molecule has 2 nitrogen and oxygen atoms in total. The van der Waals surface area contributed by atoms with Crippen LogP contribution in [0.25, 0.3) is 0 Å². The number of nitrogens with zero attached hydrogens (tertiary/aromatic N) is 1. The zero-order valence-electron chi connectivity index (χ0n) is 7.83. The quantitative estimate of drug-likeness (QED) is 0.723. The van der Waals surface area contributed by atoms with Gasteiger partial charge in [0, 0.05) is 18.3 Å². The van der Waals surface area contributed by atoms with Crippen LogP contribution in [0.2, 0.25) is 0 Å². The summed E-state index contributed by atoms with van der Waals surface area (Å²) in [6, 6.07) is 3.96. The number of aryl methyl sites for hydroxylation is 1. The van der Waals surface area contributed by atoms with Crippen LogP contribution in [0.3, 0.4) is 0 Å². The van der Waals surface area contributed by atoms with E-state index in [1.54, 1.807) is 13.8 Å². The fraction of sp³-hybridized carbons (Fsp3) is 0.500. The van der Waals surface area contributed by atoms with E-state index >= 15 is 0 Å². The van der Waals surface area contributed by atoms with Crippen molar-refractivity contribution in [3.63, 3.8) is 0 Å². The Morgan fingerprint density at radius 2 is 2.08 bits per heavy atom. The minimum absolute atomic E-state index is 0.604. The molecule has 1 N–H and O–H groups in total. The Morgan fingerprint density at radius 3 is 2.50 bits per heavy atom. The molecule has 0 fully saturated rings. The molecule has 0 aliphatic heterocycles. The zero-order valence-corrected chi connectivity index (χ0v) is 7.83. The average molecular weight is 165 g/mol. The maximum absolute atomic E-state index is 9.50. The summed E-state index contributed by atoms with van der Waals surface area (Å²) in [5.74, 6) is 0. The third kappa shape index (κ3) is 3.01. The van der Waals surface area contributed by atoms with Crippen LogP contribution in [-0.2, 0) is 6.42 Å². The van der Waals surface area contributed by atoms with E-state index in [1.807, 2.05) is 25.3 Å². The molecule has 0 aliphatic carbocycles. The van der Waals surface area contributed by atoms with Crippen molar-refractivity contribution in [2.45, 2.75) is 32.8 Å². The van der Waals surface area contributed by atoms with Crippen molar-refractivity contribution in [1.29, 1.82) is 0 Å². The molecule has 0 radical (unpaired) electrons. The van der Waals surface area contributed by atoms with Crippen molar-refractivity contribution in [3.8, 4) is 0 Å². The Bertz CT molecular complexity index is 246. The van der Waals surface area contributed by atoms with E-state index in [0.717, 1.165) is 11.3 Å². The van der Waals surface area contributed by atoms with E-state index in [4.69, 9.17) is 0 Å². The van der Waals surface area contributed by atoms with Crippen molar-refractivity contribution in [1.82, 2.24) is 4.98 Å². The van der Waals surface area contributed by atoms with Crippen LogP contribution in [0.5, 0.6) is 0 Å². The first-order valence-electron chi connectivity index (χ1n) is 4.11. The molecule has 12 heavy (non-hydrogen) atoms. The molecule has 0 amide bonds. The van der Waals surface area contributed by atoms with Gasteiger partial charge in [-0.1, -0.05) is 6.07 Å². The minimum Gasteiger partial charge on any atom is -0.390 e. The number of rotatable bonds is 2. The van der Waals surface area contributed by atoms with Crippen LogP contribution in [0.1, 0.15) is 25.1 Å².